The second-order valence-electron chi connectivity index (χ2n) is 4.05. The fraction of sp³-hybridized carbons (Fsp3) is 0.214. The van der Waals surface area contributed by atoms with Crippen LogP contribution in [0, 0.1) is 11.6 Å². The normalized spacial score (nSPS) is 12.4. The van der Waals surface area contributed by atoms with E-state index < -0.39 is 0 Å². The third-order valence-corrected chi connectivity index (χ3v) is 3.48. The van der Waals surface area contributed by atoms with Crippen molar-refractivity contribution < 1.29 is 8.78 Å². The van der Waals surface area contributed by atoms with Crippen molar-refractivity contribution in [1.82, 2.24) is 10.3 Å². The van der Waals surface area contributed by atoms with Crippen LogP contribution in [-0.2, 0) is 0 Å². The number of halogens is 3. The zero-order chi connectivity index (χ0) is 13.8. The van der Waals surface area contributed by atoms with Gasteiger partial charge in [-0.2, -0.15) is 0 Å². The van der Waals surface area contributed by atoms with E-state index in [0.29, 0.717) is 16.6 Å². The van der Waals surface area contributed by atoms with Crippen LogP contribution >= 0.6 is 15.9 Å². The van der Waals surface area contributed by atoms with Crippen molar-refractivity contribution in [2.24, 2.45) is 0 Å². The molecule has 0 saturated heterocycles. The average molecular weight is 327 g/mol. The standard InChI is InChI=1S/C14H13BrF2N2/c1-2-19-14(11-5-6-18-8-13(11)17)10-4-3-9(16)7-12(10)15/h3-8,14,19H,2H2,1H3. The zero-order valence-corrected chi connectivity index (χ0v) is 11.9. The number of nitrogens with zero attached hydrogens (tertiary/aromatic N) is 1. The first-order valence-electron chi connectivity index (χ1n) is 5.91. The first-order chi connectivity index (χ1) is 9.13. The van der Waals surface area contributed by atoms with Crippen LogP contribution in [0.25, 0.3) is 0 Å². The fourth-order valence-corrected chi connectivity index (χ4v) is 2.53. The molecule has 2 rings (SSSR count). The number of hydrogen-bond donors (Lipinski definition) is 1. The average Bonchev–Trinajstić information content (AvgIpc) is 2.38. The van der Waals surface area contributed by atoms with Crippen LogP contribution in [-0.4, -0.2) is 11.5 Å². The Bertz CT molecular complexity index is 575. The third kappa shape index (κ3) is 3.16. The second kappa shape index (κ2) is 6.21. The van der Waals surface area contributed by atoms with Gasteiger partial charge in [0.15, 0.2) is 0 Å². The van der Waals surface area contributed by atoms with Gasteiger partial charge in [-0.25, -0.2) is 8.78 Å². The molecule has 1 aromatic heterocycles. The van der Waals surface area contributed by atoms with Crippen LogP contribution in [0.1, 0.15) is 24.1 Å². The fourth-order valence-electron chi connectivity index (χ4n) is 1.95. The van der Waals surface area contributed by atoms with E-state index in [9.17, 15) is 8.78 Å². The SMILES string of the molecule is CCNC(c1ccncc1F)c1ccc(F)cc1Br. The van der Waals surface area contributed by atoms with E-state index in [2.05, 4.69) is 26.2 Å². The Balaban J connectivity index is 2.48. The van der Waals surface area contributed by atoms with Crippen molar-refractivity contribution in [3.8, 4) is 0 Å². The molecule has 0 radical (unpaired) electrons. The Labute approximate surface area is 119 Å². The summed E-state index contributed by atoms with van der Waals surface area (Å²) in [5.41, 5.74) is 1.28. The molecule has 0 amide bonds. The largest absolute Gasteiger partial charge is 0.306 e. The van der Waals surface area contributed by atoms with Crippen LogP contribution in [0.3, 0.4) is 0 Å². The summed E-state index contributed by atoms with van der Waals surface area (Å²) in [6, 6.07) is 5.66. The molecule has 1 heterocycles. The summed E-state index contributed by atoms with van der Waals surface area (Å²) in [5.74, 6) is -0.717. The van der Waals surface area contributed by atoms with Gasteiger partial charge in [-0.05, 0) is 30.3 Å². The van der Waals surface area contributed by atoms with Crippen molar-refractivity contribution in [3.63, 3.8) is 0 Å². The second-order valence-corrected chi connectivity index (χ2v) is 4.91. The molecule has 1 aromatic carbocycles. The number of hydrogen-bond acceptors (Lipinski definition) is 2. The highest BCUT2D eigenvalue weighted by Crippen LogP contribution is 2.30. The maximum Gasteiger partial charge on any atom is 0.146 e. The predicted octanol–water partition coefficient (Wildman–Crippen LogP) is 3.82. The highest BCUT2D eigenvalue weighted by Gasteiger charge is 2.19. The Morgan fingerprint density at radius 1 is 1.26 bits per heavy atom. The van der Waals surface area contributed by atoms with Crippen LogP contribution in [0.5, 0.6) is 0 Å². The Hall–Kier alpha value is -1.33. The molecule has 19 heavy (non-hydrogen) atoms. The van der Waals surface area contributed by atoms with Gasteiger partial charge in [0, 0.05) is 16.2 Å². The number of nitrogens with one attached hydrogen (secondary N) is 1. The minimum absolute atomic E-state index is 0.332. The number of benzene rings is 1. The summed E-state index contributed by atoms with van der Waals surface area (Å²) in [5, 5.41) is 3.20. The lowest BCUT2D eigenvalue weighted by Gasteiger charge is -2.20. The van der Waals surface area contributed by atoms with Gasteiger partial charge >= 0.3 is 0 Å². The maximum absolute atomic E-state index is 13.9. The lowest BCUT2D eigenvalue weighted by atomic mass is 9.99. The molecule has 0 spiro atoms. The van der Waals surface area contributed by atoms with Crippen LogP contribution in [0.4, 0.5) is 8.78 Å². The molecule has 1 atom stereocenters. The number of pyridine rings is 1. The molecule has 0 aliphatic heterocycles. The monoisotopic (exact) mass is 326 g/mol. The molecule has 1 unspecified atom stereocenters. The van der Waals surface area contributed by atoms with E-state index in [0.717, 1.165) is 5.56 Å². The van der Waals surface area contributed by atoms with Gasteiger partial charge in [0.05, 0.1) is 12.2 Å². The number of rotatable bonds is 4. The lowest BCUT2D eigenvalue weighted by molar-refractivity contribution is 0.552. The highest BCUT2D eigenvalue weighted by molar-refractivity contribution is 9.10. The van der Waals surface area contributed by atoms with Crippen molar-refractivity contribution in [1.29, 1.82) is 0 Å². The van der Waals surface area contributed by atoms with Crippen LogP contribution < -0.4 is 5.32 Å². The molecular weight excluding hydrogens is 314 g/mol. The molecule has 1 N–H and O–H groups in total. The predicted molar refractivity (Wildman–Crippen MR) is 73.8 cm³/mol. The first kappa shape index (κ1) is 14.1. The molecule has 0 bridgehead atoms. The quantitative estimate of drug-likeness (QED) is 0.923. The van der Waals surface area contributed by atoms with Gasteiger partial charge in [-0.1, -0.05) is 28.9 Å². The Kier molecular flexibility index (Phi) is 4.61. The molecule has 0 aliphatic carbocycles. The van der Waals surface area contributed by atoms with E-state index >= 15 is 0 Å². The molecule has 0 aliphatic rings. The molecule has 2 aromatic rings. The van der Waals surface area contributed by atoms with Gasteiger partial charge in [-0.15, -0.1) is 0 Å². The summed E-state index contributed by atoms with van der Waals surface area (Å²) in [6.45, 7) is 2.60. The van der Waals surface area contributed by atoms with Gasteiger partial charge < -0.3 is 5.32 Å². The van der Waals surface area contributed by atoms with Crippen LogP contribution in [0.15, 0.2) is 41.1 Å². The molecular formula is C14H13BrF2N2. The van der Waals surface area contributed by atoms with Crippen molar-refractivity contribution in [2.75, 3.05) is 6.54 Å². The topological polar surface area (TPSA) is 24.9 Å². The van der Waals surface area contributed by atoms with Gasteiger partial charge in [0.25, 0.3) is 0 Å². The van der Waals surface area contributed by atoms with Crippen LogP contribution in [0.2, 0.25) is 0 Å². The Morgan fingerprint density at radius 3 is 2.68 bits per heavy atom. The van der Waals surface area contributed by atoms with Gasteiger partial charge in [-0.3, -0.25) is 4.98 Å². The third-order valence-electron chi connectivity index (χ3n) is 2.80. The maximum atomic E-state index is 13.9. The summed E-state index contributed by atoms with van der Waals surface area (Å²) in [6.07, 6.45) is 2.72. The minimum Gasteiger partial charge on any atom is -0.306 e. The number of aromatic nitrogens is 1. The van der Waals surface area contributed by atoms with E-state index in [1.165, 1.54) is 18.3 Å². The van der Waals surface area contributed by atoms with Gasteiger partial charge in [0.1, 0.15) is 11.6 Å². The van der Waals surface area contributed by atoms with Crippen molar-refractivity contribution in [3.05, 3.63) is 63.9 Å². The molecule has 0 saturated carbocycles. The summed E-state index contributed by atoms with van der Waals surface area (Å²) < 4.78 is 27.6. The summed E-state index contributed by atoms with van der Waals surface area (Å²) in [4.78, 5) is 3.74. The molecule has 100 valence electrons. The molecule has 5 heteroatoms. The summed E-state index contributed by atoms with van der Waals surface area (Å²) >= 11 is 3.32. The summed E-state index contributed by atoms with van der Waals surface area (Å²) in [7, 11) is 0. The van der Waals surface area contributed by atoms with Crippen molar-refractivity contribution >= 4 is 15.9 Å². The van der Waals surface area contributed by atoms with E-state index in [1.807, 2.05) is 6.92 Å². The smallest absolute Gasteiger partial charge is 0.146 e. The first-order valence-corrected chi connectivity index (χ1v) is 6.70. The zero-order valence-electron chi connectivity index (χ0n) is 10.3. The van der Waals surface area contributed by atoms with E-state index in [-0.39, 0.29) is 17.7 Å². The molecule has 0 fully saturated rings. The lowest BCUT2D eigenvalue weighted by Crippen LogP contribution is -2.23. The van der Waals surface area contributed by atoms with Crippen molar-refractivity contribution in [2.45, 2.75) is 13.0 Å². The highest BCUT2D eigenvalue weighted by atomic mass is 79.9. The molecule has 2 nitrogen and oxygen atoms in total. The van der Waals surface area contributed by atoms with E-state index in [1.54, 1.807) is 18.3 Å². The van der Waals surface area contributed by atoms with Gasteiger partial charge in [0.2, 0.25) is 0 Å². The minimum atomic E-state index is -0.385. The Morgan fingerprint density at radius 2 is 2.05 bits per heavy atom. The van der Waals surface area contributed by atoms with E-state index in [4.69, 9.17) is 0 Å².